The van der Waals surface area contributed by atoms with E-state index in [1.807, 2.05) is 0 Å². The highest BCUT2D eigenvalue weighted by molar-refractivity contribution is 6.34. The van der Waals surface area contributed by atoms with E-state index >= 15 is 0 Å². The van der Waals surface area contributed by atoms with Gasteiger partial charge in [-0.05, 0) is 43.7 Å². The Bertz CT molecular complexity index is 1020. The first-order valence-electron chi connectivity index (χ1n) is 8.40. The van der Waals surface area contributed by atoms with E-state index in [1.165, 1.54) is 24.3 Å². The summed E-state index contributed by atoms with van der Waals surface area (Å²) in [6.45, 7) is 2.88. The van der Waals surface area contributed by atoms with Gasteiger partial charge in [0.2, 0.25) is 0 Å². The fourth-order valence-corrected chi connectivity index (χ4v) is 3.07. The Hall–Kier alpha value is -3.46. The quantitative estimate of drug-likeness (QED) is 0.496. The average molecular weight is 387 g/mol. The average Bonchev–Trinajstić information content (AvgIpc) is 3.08. The summed E-state index contributed by atoms with van der Waals surface area (Å²) in [6, 6.07) is 3.98. The Morgan fingerprint density at radius 1 is 1.32 bits per heavy atom. The smallest absolute Gasteiger partial charge is 0.334 e. The molecule has 1 unspecified atom stereocenters. The predicted octanol–water partition coefficient (Wildman–Crippen LogP) is 1.44. The fourth-order valence-electron chi connectivity index (χ4n) is 3.07. The first-order valence-corrected chi connectivity index (χ1v) is 8.40. The zero-order chi connectivity index (χ0) is 20.6. The second-order valence-electron chi connectivity index (χ2n) is 6.43. The van der Waals surface area contributed by atoms with Gasteiger partial charge in [0.15, 0.2) is 6.10 Å². The Morgan fingerprint density at radius 2 is 2.04 bits per heavy atom. The summed E-state index contributed by atoms with van der Waals surface area (Å²) in [4.78, 5) is 38.3. The van der Waals surface area contributed by atoms with Gasteiger partial charge in [0, 0.05) is 22.6 Å². The number of carbonyl (C=O) groups is 3. The molecule has 0 bridgehead atoms. The van der Waals surface area contributed by atoms with E-state index in [0.717, 1.165) is 0 Å². The molecule has 2 heterocycles. The highest BCUT2D eigenvalue weighted by Gasteiger charge is 2.26. The number of amides is 2. The van der Waals surface area contributed by atoms with Crippen molar-refractivity contribution in [3.05, 3.63) is 52.1 Å². The van der Waals surface area contributed by atoms with Crippen LogP contribution < -0.4 is 10.6 Å². The number of nitrogens with one attached hydrogen (secondary N) is 3. The maximum atomic E-state index is 13.6. The van der Waals surface area contributed by atoms with E-state index < -0.39 is 30.3 Å². The molecular weight excluding hydrogens is 369 g/mol. The van der Waals surface area contributed by atoms with Crippen LogP contribution in [0.3, 0.4) is 0 Å². The number of aliphatic hydroxyl groups is 1. The number of carbonyl (C=O) groups excluding carboxylic acids is 2. The third-order valence-electron chi connectivity index (χ3n) is 4.50. The van der Waals surface area contributed by atoms with E-state index in [0.29, 0.717) is 28.2 Å². The number of benzene rings is 1. The van der Waals surface area contributed by atoms with Crippen LogP contribution in [0.2, 0.25) is 0 Å². The second-order valence-corrected chi connectivity index (χ2v) is 6.43. The lowest BCUT2D eigenvalue weighted by Crippen LogP contribution is -2.36. The molecule has 3 rings (SSSR count). The molecule has 146 valence electrons. The van der Waals surface area contributed by atoms with Gasteiger partial charge in [-0.15, -0.1) is 0 Å². The SMILES string of the molecule is Cc1[nH]c(C=C2C(=O)Nc3ccc(F)cc32)c(C)c1C(=O)NCC(O)C(=O)O. The van der Waals surface area contributed by atoms with Crippen molar-refractivity contribution in [2.75, 3.05) is 11.9 Å². The molecule has 1 aliphatic rings. The lowest BCUT2D eigenvalue weighted by Gasteiger charge is -2.08. The number of aromatic nitrogens is 1. The molecule has 1 atom stereocenters. The van der Waals surface area contributed by atoms with Crippen LogP contribution in [-0.4, -0.2) is 45.6 Å². The van der Waals surface area contributed by atoms with Crippen molar-refractivity contribution < 1.29 is 29.0 Å². The molecule has 0 spiro atoms. The van der Waals surface area contributed by atoms with E-state index in [4.69, 9.17) is 5.11 Å². The highest BCUT2D eigenvalue weighted by atomic mass is 19.1. The summed E-state index contributed by atoms with van der Waals surface area (Å²) < 4.78 is 13.6. The standard InChI is InChI=1S/C19H18FN3O5/c1-8-14(6-12-11-5-10(20)3-4-13(11)23-17(12)25)22-9(2)16(8)18(26)21-7-15(24)19(27)28/h3-6,15,22,24H,7H2,1-2H3,(H,21,26)(H,23,25)(H,27,28). The number of hydrogen-bond donors (Lipinski definition) is 5. The van der Waals surface area contributed by atoms with Crippen LogP contribution >= 0.6 is 0 Å². The molecule has 1 aromatic carbocycles. The van der Waals surface area contributed by atoms with Gasteiger partial charge in [0.05, 0.1) is 17.7 Å². The molecule has 0 saturated heterocycles. The van der Waals surface area contributed by atoms with Gasteiger partial charge in [0.25, 0.3) is 11.8 Å². The number of fused-ring (bicyclic) bond motifs is 1. The largest absolute Gasteiger partial charge is 0.479 e. The second kappa shape index (κ2) is 7.28. The van der Waals surface area contributed by atoms with Gasteiger partial charge in [-0.2, -0.15) is 0 Å². The molecule has 5 N–H and O–H groups in total. The summed E-state index contributed by atoms with van der Waals surface area (Å²) in [5.74, 6) is -2.86. The van der Waals surface area contributed by atoms with Gasteiger partial charge in [0.1, 0.15) is 5.82 Å². The first kappa shape index (κ1) is 19.3. The van der Waals surface area contributed by atoms with Gasteiger partial charge < -0.3 is 25.8 Å². The molecule has 9 heteroatoms. The fraction of sp³-hybridized carbons (Fsp3) is 0.211. The van der Waals surface area contributed by atoms with Gasteiger partial charge in [-0.25, -0.2) is 9.18 Å². The Kier molecular flexibility index (Phi) is 5.02. The van der Waals surface area contributed by atoms with Crippen molar-refractivity contribution in [3.63, 3.8) is 0 Å². The number of anilines is 1. The molecule has 1 aromatic heterocycles. The molecular formula is C19H18FN3O5. The van der Waals surface area contributed by atoms with E-state index in [9.17, 15) is 23.9 Å². The number of halogens is 1. The lowest BCUT2D eigenvalue weighted by atomic mass is 10.0. The van der Waals surface area contributed by atoms with Crippen LogP contribution in [0.1, 0.15) is 32.9 Å². The minimum absolute atomic E-state index is 0.257. The molecule has 2 aromatic rings. The third kappa shape index (κ3) is 3.52. The van der Waals surface area contributed by atoms with Crippen LogP contribution in [0.15, 0.2) is 18.2 Å². The summed E-state index contributed by atoms with van der Waals surface area (Å²) >= 11 is 0. The van der Waals surface area contributed by atoms with Gasteiger partial charge in [-0.3, -0.25) is 9.59 Å². The molecule has 0 saturated carbocycles. The predicted molar refractivity (Wildman–Crippen MR) is 99.1 cm³/mol. The third-order valence-corrected chi connectivity index (χ3v) is 4.50. The topological polar surface area (TPSA) is 132 Å². The number of aromatic amines is 1. The molecule has 1 aliphatic heterocycles. The van der Waals surface area contributed by atoms with Gasteiger partial charge in [-0.1, -0.05) is 0 Å². The van der Waals surface area contributed by atoms with Crippen LogP contribution in [0.5, 0.6) is 0 Å². The minimum atomic E-state index is -1.71. The maximum absolute atomic E-state index is 13.6. The van der Waals surface area contributed by atoms with Crippen LogP contribution in [0, 0.1) is 19.7 Å². The van der Waals surface area contributed by atoms with Crippen molar-refractivity contribution in [2.24, 2.45) is 0 Å². The van der Waals surface area contributed by atoms with E-state index in [1.54, 1.807) is 13.8 Å². The summed E-state index contributed by atoms with van der Waals surface area (Å²) in [5, 5.41) is 23.0. The highest BCUT2D eigenvalue weighted by Crippen LogP contribution is 2.34. The van der Waals surface area contributed by atoms with Crippen molar-refractivity contribution >= 4 is 35.1 Å². The van der Waals surface area contributed by atoms with Crippen molar-refractivity contribution in [1.29, 1.82) is 0 Å². The number of carboxylic acid groups (broad SMARTS) is 1. The van der Waals surface area contributed by atoms with Crippen LogP contribution in [0.25, 0.3) is 11.6 Å². The Balaban J connectivity index is 1.92. The lowest BCUT2D eigenvalue weighted by molar-refractivity contribution is -0.146. The van der Waals surface area contributed by atoms with Crippen LogP contribution in [0.4, 0.5) is 10.1 Å². The first-order chi connectivity index (χ1) is 13.2. The Labute approximate surface area is 159 Å². The zero-order valence-corrected chi connectivity index (χ0v) is 15.1. The molecule has 0 fully saturated rings. The summed E-state index contributed by atoms with van der Waals surface area (Å²) in [5.41, 5.74) is 2.99. The van der Waals surface area contributed by atoms with Crippen molar-refractivity contribution in [2.45, 2.75) is 20.0 Å². The van der Waals surface area contributed by atoms with Crippen molar-refractivity contribution in [1.82, 2.24) is 10.3 Å². The minimum Gasteiger partial charge on any atom is -0.479 e. The number of aliphatic carboxylic acids is 1. The number of aryl methyl sites for hydroxylation is 1. The normalized spacial score (nSPS) is 15.3. The number of rotatable bonds is 5. The number of carboxylic acids is 1. The molecule has 0 aliphatic carbocycles. The van der Waals surface area contributed by atoms with Gasteiger partial charge >= 0.3 is 5.97 Å². The maximum Gasteiger partial charge on any atom is 0.334 e. The summed E-state index contributed by atoms with van der Waals surface area (Å²) in [7, 11) is 0. The molecule has 28 heavy (non-hydrogen) atoms. The number of hydrogen-bond acceptors (Lipinski definition) is 4. The Morgan fingerprint density at radius 3 is 2.71 bits per heavy atom. The number of H-pyrrole nitrogens is 1. The van der Waals surface area contributed by atoms with Crippen LogP contribution in [-0.2, 0) is 9.59 Å². The molecule has 2 amide bonds. The molecule has 0 radical (unpaired) electrons. The zero-order valence-electron chi connectivity index (χ0n) is 15.1. The van der Waals surface area contributed by atoms with E-state index in [-0.39, 0.29) is 17.0 Å². The monoisotopic (exact) mass is 387 g/mol. The summed E-state index contributed by atoms with van der Waals surface area (Å²) in [6.07, 6.45) is -0.176. The molecule has 8 nitrogen and oxygen atoms in total. The van der Waals surface area contributed by atoms with Crippen molar-refractivity contribution in [3.8, 4) is 0 Å². The number of aliphatic hydroxyl groups excluding tert-OH is 1. The van der Waals surface area contributed by atoms with E-state index in [2.05, 4.69) is 15.6 Å².